The minimum Gasteiger partial charge on any atom is -0.310 e. The number of benzene rings is 1. The molecule has 144 valence electrons. The first kappa shape index (κ1) is 18.4. The lowest BCUT2D eigenvalue weighted by Crippen LogP contribution is -2.26. The van der Waals surface area contributed by atoms with Crippen LogP contribution in [-0.2, 0) is 11.0 Å². The van der Waals surface area contributed by atoms with Gasteiger partial charge in [0.15, 0.2) is 11.0 Å². The summed E-state index contributed by atoms with van der Waals surface area (Å²) in [6.45, 7) is 1.68. The minimum atomic E-state index is -4.53. The first-order valence-corrected chi connectivity index (χ1v) is 8.68. The maximum atomic E-state index is 13.5. The normalized spacial score (nSPS) is 16.6. The molecular formula is C18H13ClF3N5O. The molecule has 2 aromatic heterocycles. The molecule has 6 nitrogen and oxygen atoms in total. The van der Waals surface area contributed by atoms with Crippen molar-refractivity contribution in [3.8, 4) is 5.82 Å². The van der Waals surface area contributed by atoms with Gasteiger partial charge in [-0.3, -0.25) is 4.79 Å². The maximum Gasteiger partial charge on any atom is 0.416 e. The highest BCUT2D eigenvalue weighted by molar-refractivity contribution is 6.29. The molecule has 0 saturated carbocycles. The van der Waals surface area contributed by atoms with E-state index in [0.29, 0.717) is 17.1 Å². The Hall–Kier alpha value is -2.94. The molecule has 1 N–H and O–H groups in total. The molecule has 1 aliphatic rings. The third kappa shape index (κ3) is 3.11. The van der Waals surface area contributed by atoms with Gasteiger partial charge in [0, 0.05) is 17.9 Å². The molecule has 3 heterocycles. The minimum absolute atomic E-state index is 0.0379. The maximum absolute atomic E-state index is 13.5. The van der Waals surface area contributed by atoms with Crippen LogP contribution < -0.4 is 5.32 Å². The number of alkyl halides is 3. The highest BCUT2D eigenvalue weighted by Crippen LogP contribution is 2.44. The van der Waals surface area contributed by atoms with E-state index in [4.69, 9.17) is 11.6 Å². The number of fused-ring (bicyclic) bond motifs is 1. The van der Waals surface area contributed by atoms with Gasteiger partial charge >= 0.3 is 6.18 Å². The number of halogens is 4. The van der Waals surface area contributed by atoms with Crippen molar-refractivity contribution in [2.45, 2.75) is 25.4 Å². The second kappa shape index (κ2) is 6.59. The van der Waals surface area contributed by atoms with Crippen molar-refractivity contribution in [1.82, 2.24) is 20.0 Å². The topological polar surface area (TPSA) is 72.7 Å². The van der Waals surface area contributed by atoms with Crippen molar-refractivity contribution >= 4 is 23.3 Å². The van der Waals surface area contributed by atoms with Gasteiger partial charge in [-0.05, 0) is 30.7 Å². The van der Waals surface area contributed by atoms with Crippen LogP contribution in [0.1, 0.15) is 34.7 Å². The van der Waals surface area contributed by atoms with Crippen LogP contribution in [0, 0.1) is 6.92 Å². The Labute approximate surface area is 162 Å². The van der Waals surface area contributed by atoms with Gasteiger partial charge in [-0.15, -0.1) is 10.2 Å². The molecule has 0 saturated heterocycles. The van der Waals surface area contributed by atoms with Gasteiger partial charge in [-0.1, -0.05) is 29.8 Å². The molecule has 1 unspecified atom stereocenters. The molecule has 3 aromatic rings. The number of hydrogen-bond donors (Lipinski definition) is 1. The van der Waals surface area contributed by atoms with Crippen LogP contribution in [0.15, 0.2) is 36.4 Å². The van der Waals surface area contributed by atoms with Gasteiger partial charge in [0.25, 0.3) is 0 Å². The predicted octanol–water partition coefficient (Wildman–Crippen LogP) is 4.12. The van der Waals surface area contributed by atoms with E-state index in [9.17, 15) is 18.0 Å². The van der Waals surface area contributed by atoms with E-state index >= 15 is 0 Å². The number of carbonyl (C=O) groups excluding carboxylic acids is 1. The standard InChI is InChI=1S/C18H13ClF3N5O/c1-9-16-11(10-4-2-3-5-12(10)18(20,21)22)8-15(28)23-17(16)27(26-9)14-7-6-13(19)24-25-14/h2-7,11H,8H2,1H3,(H,23,28). The number of amides is 1. The summed E-state index contributed by atoms with van der Waals surface area (Å²) in [5.74, 6) is -0.612. The van der Waals surface area contributed by atoms with E-state index in [-0.39, 0.29) is 23.0 Å². The summed E-state index contributed by atoms with van der Waals surface area (Å²) >= 11 is 5.75. The van der Waals surface area contributed by atoms with E-state index in [1.807, 2.05) is 0 Å². The van der Waals surface area contributed by atoms with Crippen LogP contribution in [0.4, 0.5) is 19.0 Å². The molecule has 4 rings (SSSR count). The molecule has 0 spiro atoms. The first-order valence-electron chi connectivity index (χ1n) is 8.31. The average Bonchev–Trinajstić information content (AvgIpc) is 2.97. The number of aryl methyl sites for hydroxylation is 1. The lowest BCUT2D eigenvalue weighted by molar-refractivity contribution is -0.138. The summed E-state index contributed by atoms with van der Waals surface area (Å²) in [7, 11) is 0. The molecule has 28 heavy (non-hydrogen) atoms. The first-order chi connectivity index (χ1) is 13.3. The molecule has 0 fully saturated rings. The van der Waals surface area contributed by atoms with E-state index in [2.05, 4.69) is 20.6 Å². The quantitative estimate of drug-likeness (QED) is 0.693. The van der Waals surface area contributed by atoms with Gasteiger partial charge in [0.05, 0.1) is 11.3 Å². The zero-order valence-electron chi connectivity index (χ0n) is 14.5. The summed E-state index contributed by atoms with van der Waals surface area (Å²) in [5.41, 5.74) is 0.289. The van der Waals surface area contributed by atoms with Gasteiger partial charge in [0.2, 0.25) is 5.91 Å². The number of nitrogens with zero attached hydrogens (tertiary/aromatic N) is 4. The predicted molar refractivity (Wildman–Crippen MR) is 95.4 cm³/mol. The number of nitrogens with one attached hydrogen (secondary N) is 1. The fourth-order valence-electron chi connectivity index (χ4n) is 3.46. The summed E-state index contributed by atoms with van der Waals surface area (Å²) in [6.07, 6.45) is -4.64. The highest BCUT2D eigenvalue weighted by Gasteiger charge is 2.39. The Kier molecular flexibility index (Phi) is 4.34. The average molecular weight is 408 g/mol. The molecule has 1 aromatic carbocycles. The number of rotatable bonds is 2. The van der Waals surface area contributed by atoms with Crippen LogP contribution in [0.3, 0.4) is 0 Å². The van der Waals surface area contributed by atoms with E-state index in [1.165, 1.54) is 28.9 Å². The van der Waals surface area contributed by atoms with E-state index < -0.39 is 23.6 Å². The van der Waals surface area contributed by atoms with Crippen molar-refractivity contribution < 1.29 is 18.0 Å². The number of hydrogen-bond acceptors (Lipinski definition) is 4. The molecule has 1 amide bonds. The van der Waals surface area contributed by atoms with Crippen molar-refractivity contribution in [3.05, 3.63) is 63.9 Å². The number of aromatic nitrogens is 4. The second-order valence-electron chi connectivity index (χ2n) is 6.36. The van der Waals surface area contributed by atoms with Gasteiger partial charge in [0.1, 0.15) is 5.82 Å². The van der Waals surface area contributed by atoms with Crippen LogP contribution in [0.5, 0.6) is 0 Å². The van der Waals surface area contributed by atoms with Gasteiger partial charge < -0.3 is 5.32 Å². The van der Waals surface area contributed by atoms with Crippen molar-refractivity contribution in [3.63, 3.8) is 0 Å². The summed E-state index contributed by atoms with van der Waals surface area (Å²) in [6, 6.07) is 8.34. The van der Waals surface area contributed by atoms with Crippen LogP contribution >= 0.6 is 11.6 Å². The lowest BCUT2D eigenvalue weighted by Gasteiger charge is -2.26. The van der Waals surface area contributed by atoms with E-state index in [1.54, 1.807) is 13.0 Å². The number of carbonyl (C=O) groups is 1. The summed E-state index contributed by atoms with van der Waals surface area (Å²) in [4.78, 5) is 12.3. The second-order valence-corrected chi connectivity index (χ2v) is 6.75. The van der Waals surface area contributed by atoms with Crippen molar-refractivity contribution in [2.24, 2.45) is 0 Å². The van der Waals surface area contributed by atoms with Crippen molar-refractivity contribution in [1.29, 1.82) is 0 Å². The van der Waals surface area contributed by atoms with Crippen LogP contribution in [0.2, 0.25) is 5.15 Å². The fraction of sp³-hybridized carbons (Fsp3) is 0.222. The number of anilines is 1. The summed E-state index contributed by atoms with van der Waals surface area (Å²) < 4.78 is 42.0. The molecule has 1 aliphatic heterocycles. The molecule has 10 heteroatoms. The molecule has 0 aliphatic carbocycles. The highest BCUT2D eigenvalue weighted by atomic mass is 35.5. The smallest absolute Gasteiger partial charge is 0.310 e. The zero-order chi connectivity index (χ0) is 20.1. The van der Waals surface area contributed by atoms with Crippen LogP contribution in [-0.4, -0.2) is 25.9 Å². The third-order valence-electron chi connectivity index (χ3n) is 4.58. The SMILES string of the molecule is Cc1nn(-c2ccc(Cl)nn2)c2c1C(c1ccccc1C(F)(F)F)CC(=O)N2. The Morgan fingerprint density at radius 1 is 1.18 bits per heavy atom. The Balaban J connectivity index is 1.90. The van der Waals surface area contributed by atoms with Crippen molar-refractivity contribution in [2.75, 3.05) is 5.32 Å². The zero-order valence-corrected chi connectivity index (χ0v) is 15.2. The monoisotopic (exact) mass is 407 g/mol. The van der Waals surface area contributed by atoms with E-state index in [0.717, 1.165) is 6.07 Å². The van der Waals surface area contributed by atoms with Gasteiger partial charge in [-0.25, -0.2) is 0 Å². The Morgan fingerprint density at radius 2 is 1.93 bits per heavy atom. The Morgan fingerprint density at radius 3 is 2.61 bits per heavy atom. The molecule has 0 radical (unpaired) electrons. The Bertz CT molecular complexity index is 1060. The lowest BCUT2D eigenvalue weighted by atomic mass is 9.83. The largest absolute Gasteiger partial charge is 0.416 e. The van der Waals surface area contributed by atoms with Gasteiger partial charge in [-0.2, -0.15) is 23.0 Å². The van der Waals surface area contributed by atoms with Crippen LogP contribution in [0.25, 0.3) is 5.82 Å². The molecule has 1 atom stereocenters. The molecular weight excluding hydrogens is 395 g/mol. The summed E-state index contributed by atoms with van der Waals surface area (Å²) in [5, 5.41) is 14.9. The third-order valence-corrected chi connectivity index (χ3v) is 4.78. The fourth-order valence-corrected chi connectivity index (χ4v) is 3.56. The molecule has 0 bridgehead atoms.